The Hall–Kier alpha value is -4.64. The molecule has 4 rings (SSSR count). The van der Waals surface area contributed by atoms with Gasteiger partial charge in [0, 0.05) is 18.7 Å². The van der Waals surface area contributed by atoms with E-state index in [1.165, 1.54) is 6.07 Å². The molecule has 1 unspecified atom stereocenters. The van der Waals surface area contributed by atoms with Crippen LogP contribution in [0.2, 0.25) is 0 Å². The fourth-order valence-corrected chi connectivity index (χ4v) is 5.34. The monoisotopic (exact) mass is 819 g/mol. The van der Waals surface area contributed by atoms with Crippen molar-refractivity contribution in [1.82, 2.24) is 10.2 Å². The van der Waals surface area contributed by atoms with Crippen LogP contribution in [-0.4, -0.2) is 140 Å². The first-order valence-electron chi connectivity index (χ1n) is 17.9. The van der Waals surface area contributed by atoms with E-state index in [1.54, 1.807) is 12.1 Å². The Balaban J connectivity index is 0.890. The van der Waals surface area contributed by atoms with Gasteiger partial charge in [0.05, 0.1) is 110 Å². The minimum atomic E-state index is -2.36. The zero-order chi connectivity index (χ0) is 41.2. The maximum Gasteiger partial charge on any atom is 0.313 e. The number of fused-ring (bicyclic) bond motifs is 1. The summed E-state index contributed by atoms with van der Waals surface area (Å²) < 4.78 is 108. The molecule has 1 saturated heterocycles. The van der Waals surface area contributed by atoms with Crippen molar-refractivity contribution in [2.75, 3.05) is 104 Å². The number of carbonyl (C=O) groups excluding carboxylic acids is 5. The standard InChI is InChI=1S/C36H42F5N3O13/c37-28-29(38)31(40)33(32(41)30(28)39)57-26(46)6-8-50-10-12-52-14-16-54-18-20-56-21-19-55-17-15-53-13-11-51-9-7-42-23-3-1-2-22-27(23)36(49)44(35(22)48)24-4-5-25(45)43-34(24)47/h1-3,24,42H,4-21H2,(H,43,45,47). The second kappa shape index (κ2) is 23.6. The number of ether oxygens (including phenoxy) is 8. The lowest BCUT2D eigenvalue weighted by molar-refractivity contribution is -0.137. The lowest BCUT2D eigenvalue weighted by atomic mass is 10.0. The molecule has 1 fully saturated rings. The molecule has 0 aliphatic carbocycles. The number of carbonyl (C=O) groups is 5. The Kier molecular flexibility index (Phi) is 18.6. The molecule has 0 radical (unpaired) electrons. The second-order valence-corrected chi connectivity index (χ2v) is 12.0. The van der Waals surface area contributed by atoms with Crippen LogP contribution in [0.25, 0.3) is 0 Å². The van der Waals surface area contributed by atoms with Crippen LogP contribution in [0.3, 0.4) is 0 Å². The SMILES string of the molecule is O=C1CCC(N2C(=O)c3cccc(NCCOCCOCCOCCOCCOCCOCCOCCC(=O)Oc4c(F)c(F)c(F)c(F)c4F)c3C2=O)C(=O)N1. The molecule has 2 N–H and O–H groups in total. The third-order valence-corrected chi connectivity index (χ3v) is 8.10. The van der Waals surface area contributed by atoms with Crippen molar-refractivity contribution < 1.29 is 83.8 Å². The van der Waals surface area contributed by atoms with Crippen LogP contribution in [0, 0.1) is 29.1 Å². The maximum absolute atomic E-state index is 13.6. The van der Waals surface area contributed by atoms with Crippen LogP contribution in [-0.2, 0) is 47.5 Å². The van der Waals surface area contributed by atoms with E-state index < -0.39 is 76.9 Å². The summed E-state index contributed by atoms with van der Waals surface area (Å²) in [5, 5.41) is 5.27. The largest absolute Gasteiger partial charge is 0.420 e. The van der Waals surface area contributed by atoms with Gasteiger partial charge >= 0.3 is 5.97 Å². The highest BCUT2D eigenvalue weighted by Gasteiger charge is 2.45. The van der Waals surface area contributed by atoms with Crippen molar-refractivity contribution in [3.8, 4) is 5.75 Å². The van der Waals surface area contributed by atoms with Gasteiger partial charge in [-0.25, -0.2) is 13.2 Å². The number of nitrogens with one attached hydrogen (secondary N) is 2. The van der Waals surface area contributed by atoms with Crippen molar-refractivity contribution in [2.45, 2.75) is 25.3 Å². The number of halogens is 5. The van der Waals surface area contributed by atoms with Gasteiger partial charge in [0.2, 0.25) is 46.6 Å². The summed E-state index contributed by atoms with van der Waals surface area (Å²) in [5.74, 6) is -16.5. The van der Waals surface area contributed by atoms with Crippen LogP contribution in [0.4, 0.5) is 27.6 Å². The fourth-order valence-electron chi connectivity index (χ4n) is 5.34. The van der Waals surface area contributed by atoms with Gasteiger partial charge < -0.3 is 43.2 Å². The van der Waals surface area contributed by atoms with E-state index in [0.717, 1.165) is 4.90 Å². The molecule has 21 heteroatoms. The molecule has 2 aliphatic rings. The minimum absolute atomic E-state index is 0.0403. The number of hydrogen-bond acceptors (Lipinski definition) is 14. The quantitative estimate of drug-likeness (QED) is 0.0255. The lowest BCUT2D eigenvalue weighted by Crippen LogP contribution is -2.54. The van der Waals surface area contributed by atoms with Crippen molar-refractivity contribution in [1.29, 1.82) is 0 Å². The van der Waals surface area contributed by atoms with E-state index in [-0.39, 0.29) is 57.0 Å². The number of hydrogen-bond donors (Lipinski definition) is 2. The van der Waals surface area contributed by atoms with Crippen molar-refractivity contribution >= 4 is 35.3 Å². The summed E-state index contributed by atoms with van der Waals surface area (Å²) in [6, 6.07) is 3.78. The predicted octanol–water partition coefficient (Wildman–Crippen LogP) is 2.31. The first kappa shape index (κ1) is 45.1. The highest BCUT2D eigenvalue weighted by Crippen LogP contribution is 2.32. The molecule has 4 amide bonds. The van der Waals surface area contributed by atoms with Gasteiger partial charge in [0.1, 0.15) is 6.04 Å². The number of nitrogens with zero attached hydrogens (tertiary/aromatic N) is 1. The minimum Gasteiger partial charge on any atom is -0.420 e. The topological polar surface area (TPSA) is 186 Å². The zero-order valence-corrected chi connectivity index (χ0v) is 30.7. The van der Waals surface area contributed by atoms with Crippen LogP contribution in [0.15, 0.2) is 18.2 Å². The van der Waals surface area contributed by atoms with E-state index in [4.69, 9.17) is 33.2 Å². The summed E-state index contributed by atoms with van der Waals surface area (Å²) in [6.45, 7) is 3.82. The Bertz CT molecular complexity index is 1690. The van der Waals surface area contributed by atoms with Crippen LogP contribution in [0.1, 0.15) is 40.0 Å². The molecule has 0 aromatic heterocycles. The van der Waals surface area contributed by atoms with E-state index in [9.17, 15) is 45.9 Å². The summed E-state index contributed by atoms with van der Waals surface area (Å²) >= 11 is 0. The van der Waals surface area contributed by atoms with Gasteiger partial charge in [0.15, 0.2) is 0 Å². The molecule has 314 valence electrons. The average Bonchev–Trinajstić information content (AvgIpc) is 3.45. The van der Waals surface area contributed by atoms with Gasteiger partial charge in [-0.05, 0) is 18.6 Å². The molecule has 2 heterocycles. The summed E-state index contributed by atoms with van der Waals surface area (Å²) in [6.07, 6.45) is -0.389. The second-order valence-electron chi connectivity index (χ2n) is 12.0. The molecule has 57 heavy (non-hydrogen) atoms. The Labute approximate surface area is 323 Å². The Morgan fingerprint density at radius 2 is 1.12 bits per heavy atom. The molecule has 1 atom stereocenters. The number of imide groups is 2. The smallest absolute Gasteiger partial charge is 0.313 e. The van der Waals surface area contributed by atoms with Crippen molar-refractivity contribution in [3.63, 3.8) is 0 Å². The van der Waals surface area contributed by atoms with Crippen LogP contribution in [0.5, 0.6) is 5.75 Å². The number of rotatable bonds is 27. The Morgan fingerprint density at radius 3 is 1.63 bits per heavy atom. The zero-order valence-electron chi connectivity index (χ0n) is 30.7. The van der Waals surface area contributed by atoms with E-state index in [0.29, 0.717) is 71.7 Å². The Morgan fingerprint density at radius 1 is 0.649 bits per heavy atom. The molecular weight excluding hydrogens is 777 g/mol. The first-order chi connectivity index (χ1) is 27.5. The number of amides is 4. The van der Waals surface area contributed by atoms with Gasteiger partial charge in [-0.2, -0.15) is 8.78 Å². The molecule has 0 saturated carbocycles. The van der Waals surface area contributed by atoms with Gasteiger partial charge in [0.25, 0.3) is 11.8 Å². The van der Waals surface area contributed by atoms with Crippen LogP contribution < -0.4 is 15.4 Å². The third-order valence-electron chi connectivity index (χ3n) is 8.10. The van der Waals surface area contributed by atoms with Gasteiger partial charge in [-0.3, -0.25) is 34.2 Å². The third kappa shape index (κ3) is 13.2. The summed E-state index contributed by atoms with van der Waals surface area (Å²) in [4.78, 5) is 62.4. The van der Waals surface area contributed by atoms with Crippen LogP contribution >= 0.6 is 0 Å². The summed E-state index contributed by atoms with van der Waals surface area (Å²) in [7, 11) is 0. The van der Waals surface area contributed by atoms with Gasteiger partial charge in [-0.1, -0.05) is 6.07 Å². The highest BCUT2D eigenvalue weighted by molar-refractivity contribution is 6.25. The van der Waals surface area contributed by atoms with E-state index in [1.807, 2.05) is 0 Å². The molecular formula is C36H42F5N3O13. The number of anilines is 1. The first-order valence-corrected chi connectivity index (χ1v) is 17.9. The average molecular weight is 820 g/mol. The molecule has 16 nitrogen and oxygen atoms in total. The number of benzene rings is 2. The van der Waals surface area contributed by atoms with Crippen molar-refractivity contribution in [2.24, 2.45) is 0 Å². The number of esters is 1. The number of piperidine rings is 1. The normalized spacial score (nSPS) is 15.3. The van der Waals surface area contributed by atoms with Crippen molar-refractivity contribution in [3.05, 3.63) is 58.4 Å². The van der Waals surface area contributed by atoms with E-state index >= 15 is 0 Å². The predicted molar refractivity (Wildman–Crippen MR) is 184 cm³/mol. The fraction of sp³-hybridized carbons (Fsp3) is 0.528. The molecule has 2 aromatic carbocycles. The molecule has 0 bridgehead atoms. The molecule has 2 aromatic rings. The van der Waals surface area contributed by atoms with E-state index in [2.05, 4.69) is 15.4 Å². The molecule has 2 aliphatic heterocycles. The summed E-state index contributed by atoms with van der Waals surface area (Å²) in [5.41, 5.74) is 0.806. The highest BCUT2D eigenvalue weighted by atomic mass is 19.2. The van der Waals surface area contributed by atoms with Gasteiger partial charge in [-0.15, -0.1) is 0 Å². The maximum atomic E-state index is 13.6. The molecule has 0 spiro atoms. The lowest BCUT2D eigenvalue weighted by Gasteiger charge is -2.27.